The molecule has 0 aliphatic heterocycles. The van der Waals surface area contributed by atoms with E-state index in [9.17, 15) is 0 Å². The Morgan fingerprint density at radius 1 is 1.73 bits per heavy atom. The standard InChI is InChI=1S/C11H13N3O/c1-3-6-13-10(7-12)9-4-5-11(15-2)14-8-9/h3-5,8,10,13H,1,6H2,2H3. The van der Waals surface area contributed by atoms with E-state index in [0.29, 0.717) is 12.4 Å². The fraction of sp³-hybridized carbons (Fsp3) is 0.273. The molecule has 0 fully saturated rings. The maximum atomic E-state index is 8.93. The van der Waals surface area contributed by atoms with Crippen molar-refractivity contribution in [3.63, 3.8) is 0 Å². The maximum Gasteiger partial charge on any atom is 0.212 e. The number of nitrogens with zero attached hydrogens (tertiary/aromatic N) is 2. The zero-order valence-electron chi connectivity index (χ0n) is 8.60. The molecule has 0 amide bonds. The van der Waals surface area contributed by atoms with Crippen LogP contribution in [0.15, 0.2) is 31.0 Å². The van der Waals surface area contributed by atoms with Gasteiger partial charge in [-0.1, -0.05) is 6.08 Å². The van der Waals surface area contributed by atoms with Crippen molar-refractivity contribution in [1.82, 2.24) is 10.3 Å². The molecule has 0 bridgehead atoms. The van der Waals surface area contributed by atoms with Crippen LogP contribution in [0.5, 0.6) is 5.88 Å². The van der Waals surface area contributed by atoms with Crippen LogP contribution in [0.3, 0.4) is 0 Å². The second kappa shape index (κ2) is 5.78. The summed E-state index contributed by atoms with van der Waals surface area (Å²) >= 11 is 0. The number of hydrogen-bond acceptors (Lipinski definition) is 4. The van der Waals surface area contributed by atoms with Crippen molar-refractivity contribution in [1.29, 1.82) is 5.26 Å². The van der Waals surface area contributed by atoms with Gasteiger partial charge in [-0.15, -0.1) is 6.58 Å². The molecule has 1 aromatic rings. The van der Waals surface area contributed by atoms with Gasteiger partial charge in [-0.05, 0) is 6.07 Å². The summed E-state index contributed by atoms with van der Waals surface area (Å²) in [6.07, 6.45) is 3.34. The normalized spacial score (nSPS) is 11.5. The van der Waals surface area contributed by atoms with Crippen LogP contribution in [0.2, 0.25) is 0 Å². The lowest BCUT2D eigenvalue weighted by Gasteiger charge is -2.09. The van der Waals surface area contributed by atoms with Crippen LogP contribution in [0.1, 0.15) is 11.6 Å². The molecule has 0 aromatic carbocycles. The van der Waals surface area contributed by atoms with Crippen LogP contribution in [-0.2, 0) is 0 Å². The molecule has 0 radical (unpaired) electrons. The Hall–Kier alpha value is -1.86. The molecule has 1 rings (SSSR count). The van der Waals surface area contributed by atoms with E-state index in [1.165, 1.54) is 0 Å². The van der Waals surface area contributed by atoms with Crippen LogP contribution in [-0.4, -0.2) is 18.6 Å². The van der Waals surface area contributed by atoms with E-state index in [4.69, 9.17) is 10.00 Å². The molecule has 1 N–H and O–H groups in total. The monoisotopic (exact) mass is 203 g/mol. The number of nitriles is 1. The second-order valence-electron chi connectivity index (χ2n) is 2.89. The molecule has 0 aliphatic carbocycles. The van der Waals surface area contributed by atoms with Crippen LogP contribution < -0.4 is 10.1 Å². The Balaban J connectivity index is 2.74. The molecule has 1 unspecified atom stereocenters. The zero-order valence-corrected chi connectivity index (χ0v) is 8.60. The number of hydrogen-bond donors (Lipinski definition) is 1. The Kier molecular flexibility index (Phi) is 4.32. The van der Waals surface area contributed by atoms with Crippen molar-refractivity contribution in [2.45, 2.75) is 6.04 Å². The van der Waals surface area contributed by atoms with Gasteiger partial charge in [0.15, 0.2) is 0 Å². The molecule has 0 aliphatic rings. The predicted octanol–water partition coefficient (Wildman–Crippen LogP) is 1.43. The number of aromatic nitrogens is 1. The molecule has 4 heteroatoms. The molecule has 78 valence electrons. The van der Waals surface area contributed by atoms with Crippen LogP contribution >= 0.6 is 0 Å². The Morgan fingerprint density at radius 3 is 3.00 bits per heavy atom. The molecule has 1 aromatic heterocycles. The minimum Gasteiger partial charge on any atom is -0.481 e. The summed E-state index contributed by atoms with van der Waals surface area (Å²) in [5.41, 5.74) is 0.820. The third kappa shape index (κ3) is 3.08. The zero-order chi connectivity index (χ0) is 11.1. The minimum atomic E-state index is -0.360. The summed E-state index contributed by atoms with van der Waals surface area (Å²) in [6, 6.07) is 5.34. The highest BCUT2D eigenvalue weighted by atomic mass is 16.5. The molecule has 1 atom stereocenters. The van der Waals surface area contributed by atoms with Crippen molar-refractivity contribution in [2.24, 2.45) is 0 Å². The topological polar surface area (TPSA) is 57.9 Å². The number of rotatable bonds is 5. The first-order chi connectivity index (χ1) is 7.31. The minimum absolute atomic E-state index is 0.360. The fourth-order valence-corrected chi connectivity index (χ4v) is 1.12. The molecule has 0 saturated carbocycles. The van der Waals surface area contributed by atoms with Gasteiger partial charge >= 0.3 is 0 Å². The molecular formula is C11H13N3O. The van der Waals surface area contributed by atoms with Gasteiger partial charge in [0.2, 0.25) is 5.88 Å². The Morgan fingerprint density at radius 2 is 2.53 bits per heavy atom. The van der Waals surface area contributed by atoms with Gasteiger partial charge in [0, 0.05) is 24.4 Å². The summed E-state index contributed by atoms with van der Waals surface area (Å²) in [5.74, 6) is 0.541. The van der Waals surface area contributed by atoms with Gasteiger partial charge in [-0.2, -0.15) is 5.26 Å². The smallest absolute Gasteiger partial charge is 0.212 e. The quantitative estimate of drug-likeness (QED) is 0.735. The van der Waals surface area contributed by atoms with Gasteiger partial charge in [0.05, 0.1) is 13.2 Å². The lowest BCUT2D eigenvalue weighted by atomic mass is 10.1. The summed E-state index contributed by atoms with van der Waals surface area (Å²) < 4.78 is 4.93. The maximum absolute atomic E-state index is 8.93. The third-order valence-electron chi connectivity index (χ3n) is 1.90. The van der Waals surface area contributed by atoms with E-state index in [1.54, 1.807) is 25.4 Å². The second-order valence-corrected chi connectivity index (χ2v) is 2.89. The molecule has 0 saturated heterocycles. The fourth-order valence-electron chi connectivity index (χ4n) is 1.12. The lowest BCUT2D eigenvalue weighted by Crippen LogP contribution is -2.19. The van der Waals surface area contributed by atoms with Crippen molar-refractivity contribution < 1.29 is 4.74 Å². The average Bonchev–Trinajstić information content (AvgIpc) is 2.31. The van der Waals surface area contributed by atoms with Crippen LogP contribution in [0, 0.1) is 11.3 Å². The van der Waals surface area contributed by atoms with Crippen molar-refractivity contribution in [3.8, 4) is 11.9 Å². The third-order valence-corrected chi connectivity index (χ3v) is 1.90. The van der Waals surface area contributed by atoms with Crippen molar-refractivity contribution in [2.75, 3.05) is 13.7 Å². The number of ether oxygens (including phenoxy) is 1. The summed E-state index contributed by atoms with van der Waals surface area (Å²) in [4.78, 5) is 4.03. The molecule has 1 heterocycles. The number of pyridine rings is 1. The molecule has 0 spiro atoms. The van der Waals surface area contributed by atoms with Crippen LogP contribution in [0.4, 0.5) is 0 Å². The van der Waals surface area contributed by atoms with Crippen molar-refractivity contribution in [3.05, 3.63) is 36.5 Å². The summed E-state index contributed by atoms with van der Waals surface area (Å²) in [6.45, 7) is 4.17. The van der Waals surface area contributed by atoms with Crippen molar-refractivity contribution >= 4 is 0 Å². The first-order valence-corrected chi connectivity index (χ1v) is 4.55. The Labute approximate surface area is 89.2 Å². The molecular weight excluding hydrogens is 190 g/mol. The van der Waals surface area contributed by atoms with E-state index in [-0.39, 0.29) is 6.04 Å². The highest BCUT2D eigenvalue weighted by Gasteiger charge is 2.08. The lowest BCUT2D eigenvalue weighted by molar-refractivity contribution is 0.397. The molecule has 15 heavy (non-hydrogen) atoms. The highest BCUT2D eigenvalue weighted by Crippen LogP contribution is 2.13. The predicted molar refractivity (Wildman–Crippen MR) is 57.3 cm³/mol. The van der Waals surface area contributed by atoms with Gasteiger partial charge in [0.1, 0.15) is 6.04 Å². The first kappa shape index (κ1) is 11.2. The summed E-state index contributed by atoms with van der Waals surface area (Å²) in [7, 11) is 1.56. The van der Waals surface area contributed by atoms with E-state index in [2.05, 4.69) is 22.9 Å². The van der Waals surface area contributed by atoms with Gasteiger partial charge in [-0.3, -0.25) is 5.32 Å². The van der Waals surface area contributed by atoms with Gasteiger partial charge < -0.3 is 4.74 Å². The van der Waals surface area contributed by atoms with E-state index < -0.39 is 0 Å². The number of nitrogens with one attached hydrogen (secondary N) is 1. The van der Waals surface area contributed by atoms with E-state index in [0.717, 1.165) is 5.56 Å². The van der Waals surface area contributed by atoms with E-state index in [1.807, 2.05) is 6.07 Å². The van der Waals surface area contributed by atoms with Gasteiger partial charge in [0.25, 0.3) is 0 Å². The largest absolute Gasteiger partial charge is 0.481 e. The number of methoxy groups -OCH3 is 1. The first-order valence-electron chi connectivity index (χ1n) is 4.55. The average molecular weight is 203 g/mol. The van der Waals surface area contributed by atoms with E-state index >= 15 is 0 Å². The highest BCUT2D eigenvalue weighted by molar-refractivity contribution is 5.24. The molecule has 4 nitrogen and oxygen atoms in total. The Bertz CT molecular complexity index is 353. The summed E-state index contributed by atoms with van der Waals surface area (Å²) in [5, 5.41) is 11.9. The van der Waals surface area contributed by atoms with Crippen LogP contribution in [0.25, 0.3) is 0 Å². The SMILES string of the molecule is C=CCNC(C#N)c1ccc(OC)nc1. The van der Waals surface area contributed by atoms with Gasteiger partial charge in [-0.25, -0.2) is 4.98 Å².